The first-order valence-electron chi connectivity index (χ1n) is 12.8. The molecule has 2 heterocycles. The van der Waals surface area contributed by atoms with Crippen LogP contribution in [0.2, 0.25) is 5.02 Å². The van der Waals surface area contributed by atoms with Crippen LogP contribution in [0.3, 0.4) is 0 Å². The molecule has 1 saturated heterocycles. The SMILES string of the molecule is COc1cccc(-c2cc(C(=O)N3CCN(C(=O)COc4ccc(Cl)cc4)CC3)c(C)n2-c2ccccc2)c1. The van der Waals surface area contributed by atoms with E-state index < -0.39 is 0 Å². The molecule has 2 amide bonds. The maximum Gasteiger partial charge on any atom is 0.260 e. The number of carbonyl (C=O) groups excluding carboxylic acids is 2. The molecule has 0 unspecified atom stereocenters. The molecule has 5 rings (SSSR count). The van der Waals surface area contributed by atoms with E-state index in [4.69, 9.17) is 21.1 Å². The lowest BCUT2D eigenvalue weighted by Crippen LogP contribution is -2.51. The highest BCUT2D eigenvalue weighted by Gasteiger charge is 2.28. The molecule has 0 bridgehead atoms. The number of amides is 2. The molecule has 0 atom stereocenters. The van der Waals surface area contributed by atoms with Gasteiger partial charge in [0.2, 0.25) is 0 Å². The van der Waals surface area contributed by atoms with Crippen LogP contribution in [0.1, 0.15) is 16.1 Å². The Balaban J connectivity index is 1.32. The van der Waals surface area contributed by atoms with Crippen molar-refractivity contribution in [2.45, 2.75) is 6.92 Å². The van der Waals surface area contributed by atoms with Gasteiger partial charge >= 0.3 is 0 Å². The molecule has 39 heavy (non-hydrogen) atoms. The second-order valence-corrected chi connectivity index (χ2v) is 9.78. The summed E-state index contributed by atoms with van der Waals surface area (Å²) >= 11 is 5.90. The molecule has 0 radical (unpaired) electrons. The Bertz CT molecular complexity index is 1460. The van der Waals surface area contributed by atoms with Gasteiger partial charge in [0.25, 0.3) is 11.8 Å². The average molecular weight is 544 g/mol. The van der Waals surface area contributed by atoms with Gasteiger partial charge in [-0.05, 0) is 61.5 Å². The Morgan fingerprint density at radius 3 is 2.21 bits per heavy atom. The normalized spacial score (nSPS) is 13.3. The van der Waals surface area contributed by atoms with Crippen LogP contribution in [-0.4, -0.2) is 66.1 Å². The second-order valence-electron chi connectivity index (χ2n) is 9.35. The highest BCUT2D eigenvalue weighted by atomic mass is 35.5. The largest absolute Gasteiger partial charge is 0.497 e. The fourth-order valence-corrected chi connectivity index (χ4v) is 4.95. The van der Waals surface area contributed by atoms with E-state index in [2.05, 4.69) is 4.57 Å². The first-order chi connectivity index (χ1) is 18.9. The number of aromatic nitrogens is 1. The van der Waals surface area contributed by atoms with Crippen LogP contribution in [0.5, 0.6) is 11.5 Å². The van der Waals surface area contributed by atoms with Crippen molar-refractivity contribution in [2.75, 3.05) is 39.9 Å². The van der Waals surface area contributed by atoms with Crippen molar-refractivity contribution in [1.29, 1.82) is 0 Å². The first-order valence-corrected chi connectivity index (χ1v) is 13.2. The number of para-hydroxylation sites is 1. The molecule has 3 aromatic carbocycles. The van der Waals surface area contributed by atoms with Gasteiger partial charge in [0, 0.05) is 48.1 Å². The minimum absolute atomic E-state index is 0.0455. The number of methoxy groups -OCH3 is 1. The minimum atomic E-state index is -0.108. The van der Waals surface area contributed by atoms with E-state index in [1.54, 1.807) is 36.3 Å². The number of nitrogens with zero attached hydrogens (tertiary/aromatic N) is 3. The predicted molar refractivity (Wildman–Crippen MR) is 152 cm³/mol. The third-order valence-corrected chi connectivity index (χ3v) is 7.20. The van der Waals surface area contributed by atoms with E-state index in [1.807, 2.05) is 72.5 Å². The lowest BCUT2D eigenvalue weighted by atomic mass is 10.1. The van der Waals surface area contributed by atoms with Crippen LogP contribution in [0.25, 0.3) is 16.9 Å². The summed E-state index contributed by atoms with van der Waals surface area (Å²) in [5.74, 6) is 1.19. The van der Waals surface area contributed by atoms with Crippen molar-refractivity contribution in [3.05, 3.63) is 101 Å². The molecule has 0 spiro atoms. The zero-order valence-corrected chi connectivity index (χ0v) is 22.7. The number of hydrogen-bond acceptors (Lipinski definition) is 4. The molecule has 7 nitrogen and oxygen atoms in total. The molecule has 1 aliphatic rings. The number of carbonyl (C=O) groups is 2. The fraction of sp³-hybridized carbons (Fsp3) is 0.226. The Morgan fingerprint density at radius 2 is 1.51 bits per heavy atom. The Kier molecular flexibility index (Phi) is 7.89. The molecule has 8 heteroatoms. The van der Waals surface area contributed by atoms with Crippen LogP contribution in [0.4, 0.5) is 0 Å². The van der Waals surface area contributed by atoms with Gasteiger partial charge in [-0.25, -0.2) is 0 Å². The molecule has 1 aromatic heterocycles. The molecule has 1 fully saturated rings. The smallest absolute Gasteiger partial charge is 0.260 e. The lowest BCUT2D eigenvalue weighted by Gasteiger charge is -2.34. The summed E-state index contributed by atoms with van der Waals surface area (Å²) in [6, 6.07) is 26.7. The van der Waals surface area contributed by atoms with Gasteiger partial charge in [-0.3, -0.25) is 9.59 Å². The van der Waals surface area contributed by atoms with Crippen LogP contribution in [0, 0.1) is 6.92 Å². The Hall–Kier alpha value is -4.23. The van der Waals surface area contributed by atoms with Crippen molar-refractivity contribution >= 4 is 23.4 Å². The van der Waals surface area contributed by atoms with Crippen LogP contribution >= 0.6 is 11.6 Å². The van der Waals surface area contributed by atoms with Crippen molar-refractivity contribution in [1.82, 2.24) is 14.4 Å². The van der Waals surface area contributed by atoms with E-state index in [1.165, 1.54) is 0 Å². The lowest BCUT2D eigenvalue weighted by molar-refractivity contribution is -0.134. The van der Waals surface area contributed by atoms with Crippen molar-refractivity contribution < 1.29 is 19.1 Å². The first kappa shape index (κ1) is 26.4. The highest BCUT2D eigenvalue weighted by Crippen LogP contribution is 2.32. The van der Waals surface area contributed by atoms with Gasteiger partial charge < -0.3 is 23.8 Å². The zero-order valence-electron chi connectivity index (χ0n) is 22.0. The van der Waals surface area contributed by atoms with E-state index in [-0.39, 0.29) is 18.4 Å². The van der Waals surface area contributed by atoms with Gasteiger partial charge in [0.05, 0.1) is 18.4 Å². The highest BCUT2D eigenvalue weighted by molar-refractivity contribution is 6.30. The fourth-order valence-electron chi connectivity index (χ4n) is 4.82. The summed E-state index contributed by atoms with van der Waals surface area (Å²) in [5, 5.41) is 0.611. The summed E-state index contributed by atoms with van der Waals surface area (Å²) in [5.41, 5.74) is 4.34. The van der Waals surface area contributed by atoms with Gasteiger partial charge in [-0.15, -0.1) is 0 Å². The van der Waals surface area contributed by atoms with Crippen LogP contribution < -0.4 is 9.47 Å². The number of rotatable bonds is 7. The van der Waals surface area contributed by atoms with E-state index >= 15 is 0 Å². The monoisotopic (exact) mass is 543 g/mol. The third kappa shape index (κ3) is 5.78. The van der Waals surface area contributed by atoms with Crippen molar-refractivity contribution in [3.8, 4) is 28.4 Å². The quantitative estimate of drug-likeness (QED) is 0.310. The number of hydrogen-bond donors (Lipinski definition) is 0. The summed E-state index contributed by atoms with van der Waals surface area (Å²) in [4.78, 5) is 30.0. The Morgan fingerprint density at radius 1 is 0.821 bits per heavy atom. The van der Waals surface area contributed by atoms with E-state index in [0.717, 1.165) is 28.4 Å². The van der Waals surface area contributed by atoms with Gasteiger partial charge in [0.15, 0.2) is 6.61 Å². The maximum absolute atomic E-state index is 13.7. The summed E-state index contributed by atoms with van der Waals surface area (Å²) in [6.07, 6.45) is 0. The molecular formula is C31H30ClN3O4. The van der Waals surface area contributed by atoms with Gasteiger partial charge in [-0.2, -0.15) is 0 Å². The maximum atomic E-state index is 13.7. The molecule has 4 aromatic rings. The minimum Gasteiger partial charge on any atom is -0.497 e. The van der Waals surface area contributed by atoms with Crippen molar-refractivity contribution in [2.24, 2.45) is 0 Å². The predicted octanol–water partition coefficient (Wildman–Crippen LogP) is 5.48. The second kappa shape index (κ2) is 11.7. The van der Waals surface area contributed by atoms with Crippen LogP contribution in [0.15, 0.2) is 84.9 Å². The number of benzene rings is 3. The molecule has 200 valence electrons. The zero-order chi connectivity index (χ0) is 27.4. The molecule has 0 N–H and O–H groups in total. The molecule has 0 aliphatic carbocycles. The van der Waals surface area contributed by atoms with E-state index in [9.17, 15) is 9.59 Å². The average Bonchev–Trinajstić information content (AvgIpc) is 3.33. The molecule has 1 aliphatic heterocycles. The van der Waals surface area contributed by atoms with Gasteiger partial charge in [-0.1, -0.05) is 41.9 Å². The van der Waals surface area contributed by atoms with Gasteiger partial charge in [0.1, 0.15) is 11.5 Å². The summed E-state index contributed by atoms with van der Waals surface area (Å²) < 4.78 is 13.2. The number of ether oxygens (including phenoxy) is 2. The summed E-state index contributed by atoms with van der Waals surface area (Å²) in [6.45, 7) is 3.73. The van der Waals surface area contributed by atoms with Crippen molar-refractivity contribution in [3.63, 3.8) is 0 Å². The third-order valence-electron chi connectivity index (χ3n) is 6.95. The molecule has 0 saturated carbocycles. The van der Waals surface area contributed by atoms with Crippen LogP contribution in [-0.2, 0) is 4.79 Å². The topological polar surface area (TPSA) is 64.0 Å². The number of piperazine rings is 1. The standard InChI is InChI=1S/C31H30ClN3O4/c1-22-28(20-29(23-7-6-10-27(19-23)38-2)35(22)25-8-4-3-5-9-25)31(37)34-17-15-33(16-18-34)30(36)21-39-26-13-11-24(32)12-14-26/h3-14,19-20H,15-18,21H2,1-2H3. The van der Waals surface area contributed by atoms with E-state index in [0.29, 0.717) is 42.5 Å². The summed E-state index contributed by atoms with van der Waals surface area (Å²) in [7, 11) is 1.64. The molecular weight excluding hydrogens is 514 g/mol. The Labute approximate surface area is 233 Å². The number of halogens is 1.